The Balaban J connectivity index is 0.000000550. The number of nitrogens with one attached hydrogen (secondary N) is 3. The van der Waals surface area contributed by atoms with Crippen LogP contribution in [-0.2, 0) is 4.79 Å². The lowest BCUT2D eigenvalue weighted by Gasteiger charge is -2.31. The molecular weight excluding hydrogens is 312 g/mol. The Kier molecular flexibility index (Phi) is 7.84. The van der Waals surface area contributed by atoms with E-state index in [4.69, 9.17) is 11.1 Å². The Morgan fingerprint density at radius 2 is 2.00 bits per heavy atom. The van der Waals surface area contributed by atoms with Crippen molar-refractivity contribution in [2.45, 2.75) is 53.0 Å². The van der Waals surface area contributed by atoms with Gasteiger partial charge in [-0.1, -0.05) is 39.8 Å². The summed E-state index contributed by atoms with van der Waals surface area (Å²) in [6, 6.07) is 7.94. The van der Waals surface area contributed by atoms with Crippen molar-refractivity contribution in [3.8, 4) is 0 Å². The molecule has 0 saturated carbocycles. The third kappa shape index (κ3) is 6.70. The number of hydrogen-bond acceptors (Lipinski definition) is 4. The fourth-order valence-electron chi connectivity index (χ4n) is 2.63. The monoisotopic (exact) mass is 344 g/mol. The maximum atomic E-state index is 10.5. The van der Waals surface area contributed by atoms with E-state index in [1.165, 1.54) is 0 Å². The number of rotatable bonds is 5. The summed E-state index contributed by atoms with van der Waals surface area (Å²) in [6.07, 6.45) is 3.34. The summed E-state index contributed by atoms with van der Waals surface area (Å²) in [5.74, 6) is 0. The van der Waals surface area contributed by atoms with Gasteiger partial charge in [-0.3, -0.25) is 10.2 Å². The predicted octanol–water partition coefficient (Wildman–Crippen LogP) is 3.66. The zero-order valence-corrected chi connectivity index (χ0v) is 16.1. The molecule has 5 heteroatoms. The quantitative estimate of drug-likeness (QED) is 0.485. The molecule has 2 rings (SSSR count). The average molecular weight is 345 g/mol. The molecule has 1 amide bonds. The van der Waals surface area contributed by atoms with Gasteiger partial charge in [-0.05, 0) is 49.4 Å². The van der Waals surface area contributed by atoms with Gasteiger partial charge in [0.15, 0.2) is 0 Å². The Hall–Kier alpha value is -2.14. The number of hydrogen-bond donors (Lipinski definition) is 4. The van der Waals surface area contributed by atoms with E-state index in [2.05, 4.69) is 38.3 Å². The Morgan fingerprint density at radius 3 is 2.52 bits per heavy atom. The molecule has 0 aliphatic heterocycles. The second kappa shape index (κ2) is 9.37. The summed E-state index contributed by atoms with van der Waals surface area (Å²) in [5.41, 5.74) is 10.1. The van der Waals surface area contributed by atoms with E-state index in [1.54, 1.807) is 12.1 Å². The molecule has 0 radical (unpaired) electrons. The summed E-state index contributed by atoms with van der Waals surface area (Å²) >= 11 is 0. The van der Waals surface area contributed by atoms with Crippen molar-refractivity contribution >= 4 is 17.8 Å². The van der Waals surface area contributed by atoms with Gasteiger partial charge in [-0.25, -0.2) is 0 Å². The molecule has 1 aromatic carbocycles. The summed E-state index contributed by atoms with van der Waals surface area (Å²) in [7, 11) is 1.95. The van der Waals surface area contributed by atoms with Gasteiger partial charge >= 0.3 is 0 Å². The van der Waals surface area contributed by atoms with Crippen LogP contribution in [0.4, 0.5) is 5.69 Å². The van der Waals surface area contributed by atoms with Crippen LogP contribution in [0.25, 0.3) is 0 Å². The highest BCUT2D eigenvalue weighted by Gasteiger charge is 2.27. The molecule has 0 unspecified atom stereocenters. The first-order chi connectivity index (χ1) is 11.7. The van der Waals surface area contributed by atoms with Gasteiger partial charge in [0.05, 0.1) is 5.71 Å². The van der Waals surface area contributed by atoms with E-state index < -0.39 is 0 Å². The van der Waals surface area contributed by atoms with Crippen LogP contribution in [0, 0.1) is 10.8 Å². The molecule has 0 spiro atoms. The minimum atomic E-state index is 0.217. The zero-order valence-electron chi connectivity index (χ0n) is 16.1. The second-order valence-corrected chi connectivity index (χ2v) is 7.51. The molecule has 0 heterocycles. The van der Waals surface area contributed by atoms with Crippen molar-refractivity contribution < 1.29 is 4.79 Å². The van der Waals surface area contributed by atoms with Crippen LogP contribution in [0.2, 0.25) is 0 Å². The number of anilines is 1. The van der Waals surface area contributed by atoms with Crippen LogP contribution < -0.4 is 16.4 Å². The van der Waals surface area contributed by atoms with Gasteiger partial charge in [0.2, 0.25) is 6.41 Å². The van der Waals surface area contributed by atoms with Crippen molar-refractivity contribution in [3.05, 3.63) is 41.1 Å². The number of allylic oxidation sites excluding steroid dienone is 2. The van der Waals surface area contributed by atoms with Crippen molar-refractivity contribution in [3.63, 3.8) is 0 Å². The lowest BCUT2D eigenvalue weighted by molar-refractivity contribution is -0.105. The second-order valence-electron chi connectivity index (χ2n) is 7.51. The number of carbonyl (C=O) groups is 1. The SMILES string of the molecule is CC1(C)CCC(C(=N)c2cccc(NC=O)c2)=C(N)C1.CNC(C)C. The van der Waals surface area contributed by atoms with Crippen LogP contribution in [0.5, 0.6) is 0 Å². The fraction of sp³-hybridized carbons (Fsp3) is 0.500. The van der Waals surface area contributed by atoms with E-state index in [1.807, 2.05) is 19.2 Å². The van der Waals surface area contributed by atoms with E-state index in [0.717, 1.165) is 36.1 Å². The smallest absolute Gasteiger partial charge is 0.211 e. The highest BCUT2D eigenvalue weighted by atomic mass is 16.1. The molecule has 5 N–H and O–H groups in total. The standard InChI is InChI=1S/C16H21N3O.C4H11N/c1-16(2)7-6-13(14(17)9-16)15(18)11-4-3-5-12(8-11)19-10-20;1-4(2)5-3/h3-5,8,10,18H,6-7,9,17H2,1-2H3,(H,19,20);4-5H,1-3H3. The summed E-state index contributed by atoms with van der Waals surface area (Å²) in [6.45, 7) is 8.63. The molecule has 138 valence electrons. The molecule has 1 aliphatic rings. The average Bonchev–Trinajstić information content (AvgIpc) is 2.54. The number of nitrogens with two attached hydrogens (primary N) is 1. The van der Waals surface area contributed by atoms with E-state index in [9.17, 15) is 4.79 Å². The molecule has 0 fully saturated rings. The number of benzene rings is 1. The molecule has 0 aromatic heterocycles. The van der Waals surface area contributed by atoms with E-state index >= 15 is 0 Å². The number of carbonyl (C=O) groups excluding carboxylic acids is 1. The molecule has 1 aromatic rings. The normalized spacial score (nSPS) is 16.1. The molecular formula is C20H32N4O. The molecule has 0 saturated heterocycles. The number of amides is 1. The first kappa shape index (κ1) is 20.9. The summed E-state index contributed by atoms with van der Waals surface area (Å²) in [4.78, 5) is 10.5. The van der Waals surface area contributed by atoms with Gasteiger partial charge in [-0.2, -0.15) is 0 Å². The minimum absolute atomic E-state index is 0.217. The van der Waals surface area contributed by atoms with Crippen molar-refractivity contribution in [2.24, 2.45) is 11.1 Å². The van der Waals surface area contributed by atoms with Crippen LogP contribution in [-0.4, -0.2) is 25.2 Å². The first-order valence-electron chi connectivity index (χ1n) is 8.74. The highest BCUT2D eigenvalue weighted by molar-refractivity contribution is 6.11. The van der Waals surface area contributed by atoms with Crippen LogP contribution in [0.3, 0.4) is 0 Å². The third-order valence-corrected chi connectivity index (χ3v) is 4.36. The van der Waals surface area contributed by atoms with E-state index in [-0.39, 0.29) is 5.41 Å². The maximum Gasteiger partial charge on any atom is 0.211 e. The molecule has 5 nitrogen and oxygen atoms in total. The van der Waals surface area contributed by atoms with Crippen molar-refractivity contribution in [1.82, 2.24) is 5.32 Å². The first-order valence-corrected chi connectivity index (χ1v) is 8.74. The van der Waals surface area contributed by atoms with Gasteiger partial charge in [-0.15, -0.1) is 0 Å². The summed E-state index contributed by atoms with van der Waals surface area (Å²) < 4.78 is 0. The topological polar surface area (TPSA) is 91.0 Å². The largest absolute Gasteiger partial charge is 0.402 e. The molecule has 1 aliphatic carbocycles. The lowest BCUT2D eigenvalue weighted by Crippen LogP contribution is -2.25. The van der Waals surface area contributed by atoms with Crippen LogP contribution in [0.15, 0.2) is 35.5 Å². The minimum Gasteiger partial charge on any atom is -0.402 e. The highest BCUT2D eigenvalue weighted by Crippen LogP contribution is 2.37. The summed E-state index contributed by atoms with van der Waals surface area (Å²) in [5, 5.41) is 14.0. The van der Waals surface area contributed by atoms with Gasteiger partial charge < -0.3 is 16.4 Å². The molecule has 25 heavy (non-hydrogen) atoms. The van der Waals surface area contributed by atoms with Crippen molar-refractivity contribution in [2.75, 3.05) is 12.4 Å². The maximum absolute atomic E-state index is 10.5. The molecule has 0 atom stereocenters. The Bertz CT molecular complexity index is 632. The lowest BCUT2D eigenvalue weighted by atomic mass is 9.75. The molecule has 0 bridgehead atoms. The van der Waals surface area contributed by atoms with Gasteiger partial charge in [0.25, 0.3) is 0 Å². The Labute approximate surface area is 151 Å². The van der Waals surface area contributed by atoms with Crippen molar-refractivity contribution in [1.29, 1.82) is 5.41 Å². The van der Waals surface area contributed by atoms with Crippen LogP contribution in [0.1, 0.15) is 52.5 Å². The Morgan fingerprint density at radius 1 is 1.36 bits per heavy atom. The third-order valence-electron chi connectivity index (χ3n) is 4.36. The predicted molar refractivity (Wildman–Crippen MR) is 106 cm³/mol. The zero-order chi connectivity index (χ0) is 19.0. The van der Waals surface area contributed by atoms with Crippen LogP contribution >= 0.6 is 0 Å². The van der Waals surface area contributed by atoms with E-state index in [0.29, 0.717) is 23.9 Å². The fourth-order valence-corrected chi connectivity index (χ4v) is 2.63. The van der Waals surface area contributed by atoms with Gasteiger partial charge in [0.1, 0.15) is 0 Å². The van der Waals surface area contributed by atoms with Gasteiger partial charge in [0, 0.05) is 23.0 Å².